The Balaban J connectivity index is 1.69. The van der Waals surface area contributed by atoms with E-state index in [4.69, 9.17) is 16.0 Å². The number of ether oxygens (including phenoxy) is 2. The van der Waals surface area contributed by atoms with E-state index in [2.05, 4.69) is 124 Å². The van der Waals surface area contributed by atoms with Crippen LogP contribution in [-0.2, 0) is 15.6 Å². The molecular weight excluding hydrogens is 572 g/mol. The number of rotatable bonds is 9. The molecule has 46 heavy (non-hydrogen) atoms. The normalized spacial score (nSPS) is 12.1. The van der Waals surface area contributed by atoms with Crippen LogP contribution in [0, 0.1) is 6.57 Å². The molecule has 1 N–H and O–H groups in total. The van der Waals surface area contributed by atoms with Gasteiger partial charge in [0.25, 0.3) is 5.70 Å². The molecule has 0 bridgehead atoms. The average molecular weight is 615 g/mol. The highest BCUT2D eigenvalue weighted by molar-refractivity contribution is 5.95. The Hall–Kier alpha value is -5.28. The van der Waals surface area contributed by atoms with Crippen molar-refractivity contribution < 1.29 is 19.4 Å². The fourth-order valence-electron chi connectivity index (χ4n) is 5.07. The Kier molecular flexibility index (Phi) is 10.1. The molecule has 0 saturated carbocycles. The fourth-order valence-corrected chi connectivity index (χ4v) is 5.07. The molecule has 0 aromatic heterocycles. The first-order chi connectivity index (χ1) is 21.7. The lowest BCUT2D eigenvalue weighted by Gasteiger charge is -2.28. The van der Waals surface area contributed by atoms with E-state index in [1.165, 1.54) is 24.3 Å². The van der Waals surface area contributed by atoms with Gasteiger partial charge in [-0.2, -0.15) is 0 Å². The van der Waals surface area contributed by atoms with Gasteiger partial charge in [-0.25, -0.2) is 4.85 Å². The van der Waals surface area contributed by atoms with Gasteiger partial charge in [0, 0.05) is 28.2 Å². The number of aliphatic carboxylic acids is 1. The van der Waals surface area contributed by atoms with Crippen LogP contribution in [0.5, 0.6) is 11.5 Å². The number of carboxylic acids is 1. The minimum Gasteiger partial charge on any atom is -0.496 e. The Morgan fingerprint density at radius 3 is 1.50 bits per heavy atom. The van der Waals surface area contributed by atoms with Crippen LogP contribution < -0.4 is 14.4 Å². The van der Waals surface area contributed by atoms with Gasteiger partial charge in [0.2, 0.25) is 0 Å². The lowest BCUT2D eigenvalue weighted by atomic mass is 9.86. The van der Waals surface area contributed by atoms with Crippen molar-refractivity contribution in [1.29, 1.82) is 0 Å². The minimum atomic E-state index is -1.30. The van der Waals surface area contributed by atoms with Gasteiger partial charge < -0.3 is 19.5 Å². The van der Waals surface area contributed by atoms with Gasteiger partial charge >= 0.3 is 5.97 Å². The molecule has 0 aliphatic heterocycles. The third-order valence-electron chi connectivity index (χ3n) is 7.80. The van der Waals surface area contributed by atoms with Crippen LogP contribution in [0.4, 0.5) is 17.1 Å². The van der Waals surface area contributed by atoms with Gasteiger partial charge in [-0.15, -0.1) is 0 Å². The van der Waals surface area contributed by atoms with Crippen LogP contribution in [0.15, 0.2) is 90.6 Å². The zero-order valence-corrected chi connectivity index (χ0v) is 27.9. The maximum absolute atomic E-state index is 11.4. The first-order valence-electron chi connectivity index (χ1n) is 15.1. The number of carbonyl (C=O) groups is 1. The monoisotopic (exact) mass is 614 g/mol. The minimum absolute atomic E-state index is 0.0641. The van der Waals surface area contributed by atoms with Crippen molar-refractivity contribution in [2.75, 3.05) is 19.1 Å². The highest BCUT2D eigenvalue weighted by Crippen LogP contribution is 2.37. The van der Waals surface area contributed by atoms with Crippen LogP contribution >= 0.6 is 0 Å². The SMILES string of the molecule is [C-]#[N+]/C(=C\c1cc(OC)c(/C=C/c2ccc(N(c3ccc(C(C)(C)C)cc3)c3ccc(C(C)(C)C)cc3)cc2)cc1OC)C(=O)O. The molecular formula is C40H42N2O4. The maximum atomic E-state index is 11.4. The molecule has 4 aromatic carbocycles. The highest BCUT2D eigenvalue weighted by atomic mass is 16.5. The second-order valence-electron chi connectivity index (χ2n) is 13.1. The highest BCUT2D eigenvalue weighted by Gasteiger charge is 2.19. The quantitative estimate of drug-likeness (QED) is 0.115. The number of hydrogen-bond donors (Lipinski definition) is 1. The molecule has 236 valence electrons. The van der Waals surface area contributed by atoms with Crippen molar-refractivity contribution in [3.05, 3.63) is 130 Å². The summed E-state index contributed by atoms with van der Waals surface area (Å²) in [5.74, 6) is -0.340. The average Bonchev–Trinajstić information content (AvgIpc) is 3.02. The third-order valence-corrected chi connectivity index (χ3v) is 7.80. The molecule has 0 saturated heterocycles. The van der Waals surface area contributed by atoms with E-state index >= 15 is 0 Å². The second kappa shape index (κ2) is 13.8. The zero-order chi connectivity index (χ0) is 33.6. The van der Waals surface area contributed by atoms with Crippen LogP contribution in [-0.4, -0.2) is 25.3 Å². The summed E-state index contributed by atoms with van der Waals surface area (Å²) in [6.45, 7) is 20.5. The second-order valence-corrected chi connectivity index (χ2v) is 13.1. The number of hydrogen-bond acceptors (Lipinski definition) is 4. The van der Waals surface area contributed by atoms with Crippen molar-refractivity contribution >= 4 is 41.3 Å². The van der Waals surface area contributed by atoms with E-state index in [-0.39, 0.29) is 10.8 Å². The Morgan fingerprint density at radius 2 is 1.11 bits per heavy atom. The molecule has 0 fully saturated rings. The largest absolute Gasteiger partial charge is 0.496 e. The van der Waals surface area contributed by atoms with Gasteiger partial charge in [0.05, 0.1) is 20.8 Å². The van der Waals surface area contributed by atoms with Gasteiger partial charge in [-0.1, -0.05) is 90.1 Å². The number of carboxylic acid groups (broad SMARTS) is 1. The summed E-state index contributed by atoms with van der Waals surface area (Å²) >= 11 is 0. The van der Waals surface area contributed by atoms with E-state index in [0.29, 0.717) is 17.1 Å². The molecule has 6 nitrogen and oxygen atoms in total. The summed E-state index contributed by atoms with van der Waals surface area (Å²) in [6.07, 6.45) is 5.19. The Labute approximate surface area is 273 Å². The predicted octanol–water partition coefficient (Wildman–Crippen LogP) is 10.3. The van der Waals surface area contributed by atoms with Crippen molar-refractivity contribution in [2.45, 2.75) is 52.4 Å². The number of benzene rings is 4. The van der Waals surface area contributed by atoms with Gasteiger partial charge in [-0.05, 0) is 82.1 Å². The first kappa shape index (κ1) is 33.6. The zero-order valence-electron chi connectivity index (χ0n) is 27.9. The fraction of sp³-hybridized carbons (Fsp3) is 0.250. The summed E-state index contributed by atoms with van der Waals surface area (Å²) in [5, 5.41) is 9.28. The van der Waals surface area contributed by atoms with Gasteiger partial charge in [0.1, 0.15) is 11.5 Å². The van der Waals surface area contributed by atoms with Crippen LogP contribution in [0.3, 0.4) is 0 Å². The van der Waals surface area contributed by atoms with E-state index in [0.717, 1.165) is 28.2 Å². The molecule has 0 aliphatic carbocycles. The van der Waals surface area contributed by atoms with Crippen LogP contribution in [0.2, 0.25) is 0 Å². The van der Waals surface area contributed by atoms with E-state index in [9.17, 15) is 9.90 Å². The first-order valence-corrected chi connectivity index (χ1v) is 15.1. The van der Waals surface area contributed by atoms with Crippen molar-refractivity contribution in [2.24, 2.45) is 0 Å². The molecule has 6 heteroatoms. The summed E-state index contributed by atoms with van der Waals surface area (Å²) in [6, 6.07) is 29.3. The summed E-state index contributed by atoms with van der Waals surface area (Å²) in [5.41, 5.74) is 7.66. The van der Waals surface area contributed by atoms with Gasteiger partial charge in [-0.3, -0.25) is 4.79 Å². The number of anilines is 3. The number of nitrogens with zero attached hydrogens (tertiary/aromatic N) is 2. The predicted molar refractivity (Wildman–Crippen MR) is 189 cm³/mol. The molecule has 0 aliphatic rings. The topological polar surface area (TPSA) is 63.4 Å². The molecule has 4 rings (SSSR count). The third kappa shape index (κ3) is 7.86. The van der Waals surface area contributed by atoms with Crippen molar-refractivity contribution in [3.63, 3.8) is 0 Å². The van der Waals surface area contributed by atoms with Crippen molar-refractivity contribution in [3.8, 4) is 11.5 Å². The van der Waals surface area contributed by atoms with Crippen LogP contribution in [0.25, 0.3) is 23.1 Å². The Morgan fingerprint density at radius 1 is 0.696 bits per heavy atom. The van der Waals surface area contributed by atoms with E-state index in [1.54, 1.807) is 19.2 Å². The lowest BCUT2D eigenvalue weighted by molar-refractivity contribution is -0.132. The Bertz CT molecular complexity index is 1720. The maximum Gasteiger partial charge on any atom is 0.333 e. The summed E-state index contributed by atoms with van der Waals surface area (Å²) < 4.78 is 11.1. The molecule has 0 unspecified atom stereocenters. The standard InChI is InChI=1S/C40H42N2O4/c1-39(2,3)30-14-20-33(21-15-30)42(34-22-16-31(17-23-34)40(4,5)6)32-18-11-27(12-19-32)10-13-28-25-37(46-9)29(26-36(28)45-8)24-35(41-7)38(43)44/h10-26H,1-6,8-9H3,(H,43,44)/b13-10+,35-24-. The molecule has 0 spiro atoms. The summed E-state index contributed by atoms with van der Waals surface area (Å²) in [4.78, 5) is 16.7. The molecule has 0 heterocycles. The smallest absolute Gasteiger partial charge is 0.333 e. The lowest BCUT2D eigenvalue weighted by Crippen LogP contribution is -2.14. The van der Waals surface area contributed by atoms with Gasteiger partial charge in [0.15, 0.2) is 0 Å². The van der Waals surface area contributed by atoms with E-state index in [1.807, 2.05) is 12.2 Å². The summed E-state index contributed by atoms with van der Waals surface area (Å²) in [7, 11) is 3.05. The number of methoxy groups -OCH3 is 2. The molecule has 4 aromatic rings. The molecule has 0 amide bonds. The molecule has 0 atom stereocenters. The molecule has 0 radical (unpaired) electrons. The van der Waals surface area contributed by atoms with E-state index < -0.39 is 11.7 Å². The van der Waals surface area contributed by atoms with Crippen molar-refractivity contribution in [1.82, 2.24) is 0 Å². The van der Waals surface area contributed by atoms with Crippen LogP contribution in [0.1, 0.15) is 69.4 Å².